The molecule has 26 heavy (non-hydrogen) atoms. The first-order chi connectivity index (χ1) is 12.6. The van der Waals surface area contributed by atoms with E-state index in [1.807, 2.05) is 0 Å². The molecule has 5 nitrogen and oxygen atoms in total. The summed E-state index contributed by atoms with van der Waals surface area (Å²) in [6.07, 6.45) is 0. The van der Waals surface area contributed by atoms with E-state index in [2.05, 4.69) is 9.72 Å². The number of carbonyl (C=O) groups excluding carboxylic acids is 2. The molecule has 0 atom stereocenters. The second-order valence-electron chi connectivity index (χ2n) is 5.30. The van der Waals surface area contributed by atoms with Gasteiger partial charge in [-0.15, -0.1) is 11.3 Å². The number of carbonyl (C=O) groups is 2. The van der Waals surface area contributed by atoms with Crippen molar-refractivity contribution in [1.82, 2.24) is 4.98 Å². The lowest BCUT2D eigenvalue weighted by Gasteiger charge is -2.04. The molecule has 0 amide bonds. The molecule has 3 rings (SSSR count). The summed E-state index contributed by atoms with van der Waals surface area (Å²) >= 11 is 1.39. The Labute approximate surface area is 153 Å². The number of nitrogens with zero attached hydrogens (tertiary/aromatic N) is 1. The van der Waals surface area contributed by atoms with Gasteiger partial charge in [-0.25, -0.2) is 19.0 Å². The lowest BCUT2D eigenvalue weighted by atomic mass is 10.1. The van der Waals surface area contributed by atoms with Crippen LogP contribution >= 0.6 is 11.3 Å². The zero-order chi connectivity index (χ0) is 18.5. The van der Waals surface area contributed by atoms with E-state index in [9.17, 15) is 14.0 Å². The number of rotatable bonds is 5. The number of thiazole rings is 1. The molecule has 1 heterocycles. The Kier molecular flexibility index (Phi) is 5.38. The van der Waals surface area contributed by atoms with Gasteiger partial charge in [0.05, 0.1) is 23.9 Å². The molecule has 0 aliphatic carbocycles. The van der Waals surface area contributed by atoms with Crippen LogP contribution in [0.15, 0.2) is 53.9 Å². The van der Waals surface area contributed by atoms with Gasteiger partial charge < -0.3 is 9.47 Å². The number of hydrogen-bond acceptors (Lipinski definition) is 6. The Hall–Kier alpha value is -3.06. The number of hydrogen-bond donors (Lipinski definition) is 0. The van der Waals surface area contributed by atoms with Crippen LogP contribution in [0.4, 0.5) is 4.39 Å². The van der Waals surface area contributed by atoms with E-state index in [1.54, 1.807) is 17.5 Å². The number of halogens is 1. The summed E-state index contributed by atoms with van der Waals surface area (Å²) in [5, 5.41) is 2.50. The minimum absolute atomic E-state index is 0.0231. The van der Waals surface area contributed by atoms with E-state index in [0.29, 0.717) is 16.8 Å². The van der Waals surface area contributed by atoms with E-state index in [4.69, 9.17) is 4.74 Å². The second kappa shape index (κ2) is 7.88. The standard InChI is InChI=1S/C19H14FNO4S/c1-24-18(22)13-2-4-14(5-3-13)19(23)25-10-16-11-26-17(21-16)12-6-8-15(20)9-7-12/h2-9,11H,10H2,1H3. The number of esters is 2. The van der Waals surface area contributed by atoms with Gasteiger partial charge in [-0.1, -0.05) is 0 Å². The minimum Gasteiger partial charge on any atom is -0.465 e. The lowest BCUT2D eigenvalue weighted by Crippen LogP contribution is -2.07. The molecule has 0 fully saturated rings. The molecular weight excluding hydrogens is 357 g/mol. The summed E-state index contributed by atoms with van der Waals surface area (Å²) in [5.74, 6) is -1.30. The molecule has 1 aromatic heterocycles. The van der Waals surface area contributed by atoms with E-state index >= 15 is 0 Å². The molecule has 0 aliphatic heterocycles. The van der Waals surface area contributed by atoms with Crippen LogP contribution in [0.1, 0.15) is 26.4 Å². The van der Waals surface area contributed by atoms with Crippen molar-refractivity contribution in [3.63, 3.8) is 0 Å². The van der Waals surface area contributed by atoms with Crippen LogP contribution in [0.2, 0.25) is 0 Å². The van der Waals surface area contributed by atoms with Gasteiger partial charge in [0, 0.05) is 10.9 Å². The molecule has 0 N–H and O–H groups in total. The Bertz CT molecular complexity index is 919. The summed E-state index contributed by atoms with van der Waals surface area (Å²) in [4.78, 5) is 27.8. The maximum absolute atomic E-state index is 13.0. The predicted molar refractivity (Wildman–Crippen MR) is 94.4 cm³/mol. The monoisotopic (exact) mass is 371 g/mol. The van der Waals surface area contributed by atoms with E-state index in [1.165, 1.54) is 54.8 Å². The topological polar surface area (TPSA) is 65.5 Å². The molecule has 0 spiro atoms. The fourth-order valence-corrected chi connectivity index (χ4v) is 2.99. The van der Waals surface area contributed by atoms with Crippen molar-refractivity contribution in [3.8, 4) is 10.6 Å². The zero-order valence-electron chi connectivity index (χ0n) is 13.8. The SMILES string of the molecule is COC(=O)c1ccc(C(=O)OCc2csc(-c3ccc(F)cc3)n2)cc1. The van der Waals surface area contributed by atoms with Crippen molar-refractivity contribution in [1.29, 1.82) is 0 Å². The highest BCUT2D eigenvalue weighted by atomic mass is 32.1. The normalized spacial score (nSPS) is 10.4. The Morgan fingerprint density at radius 3 is 2.23 bits per heavy atom. The molecule has 0 saturated carbocycles. The summed E-state index contributed by atoms with van der Waals surface area (Å²) < 4.78 is 22.8. The van der Waals surface area contributed by atoms with Crippen molar-refractivity contribution < 1.29 is 23.5 Å². The van der Waals surface area contributed by atoms with Crippen LogP contribution in [-0.2, 0) is 16.1 Å². The molecule has 0 bridgehead atoms. The van der Waals surface area contributed by atoms with Crippen molar-refractivity contribution in [2.75, 3.05) is 7.11 Å². The van der Waals surface area contributed by atoms with Gasteiger partial charge in [-0.3, -0.25) is 0 Å². The van der Waals surface area contributed by atoms with Crippen LogP contribution < -0.4 is 0 Å². The molecule has 0 aliphatic rings. The predicted octanol–water partition coefficient (Wildman–Crippen LogP) is 4.09. The Balaban J connectivity index is 1.61. The lowest BCUT2D eigenvalue weighted by molar-refractivity contribution is 0.0467. The third-order valence-electron chi connectivity index (χ3n) is 3.54. The van der Waals surface area contributed by atoms with Gasteiger partial charge in [0.15, 0.2) is 0 Å². The van der Waals surface area contributed by atoms with Crippen LogP contribution in [0.25, 0.3) is 10.6 Å². The molecular formula is C19H14FNO4S. The second-order valence-corrected chi connectivity index (χ2v) is 6.15. The van der Waals surface area contributed by atoms with Gasteiger partial charge in [0.2, 0.25) is 0 Å². The van der Waals surface area contributed by atoms with E-state index in [0.717, 1.165) is 10.6 Å². The maximum Gasteiger partial charge on any atom is 0.338 e. The van der Waals surface area contributed by atoms with Crippen molar-refractivity contribution in [2.24, 2.45) is 0 Å². The average Bonchev–Trinajstić information content (AvgIpc) is 3.15. The quantitative estimate of drug-likeness (QED) is 0.632. The summed E-state index contributed by atoms with van der Waals surface area (Å²) in [7, 11) is 1.29. The van der Waals surface area contributed by atoms with Gasteiger partial charge in [0.1, 0.15) is 17.4 Å². The largest absolute Gasteiger partial charge is 0.465 e. The number of benzene rings is 2. The number of aromatic nitrogens is 1. The molecule has 132 valence electrons. The zero-order valence-corrected chi connectivity index (χ0v) is 14.6. The van der Waals surface area contributed by atoms with Crippen molar-refractivity contribution in [2.45, 2.75) is 6.61 Å². The van der Waals surface area contributed by atoms with Crippen molar-refractivity contribution >= 4 is 23.3 Å². The molecule has 0 radical (unpaired) electrons. The summed E-state index contributed by atoms with van der Waals surface area (Å²) in [6, 6.07) is 12.0. The van der Waals surface area contributed by atoms with Crippen LogP contribution in [-0.4, -0.2) is 24.0 Å². The maximum atomic E-state index is 13.0. The third-order valence-corrected chi connectivity index (χ3v) is 4.48. The minimum atomic E-state index is -0.516. The fourth-order valence-electron chi connectivity index (χ4n) is 2.18. The van der Waals surface area contributed by atoms with Gasteiger partial charge in [0.25, 0.3) is 0 Å². The first-order valence-corrected chi connectivity index (χ1v) is 8.50. The molecule has 0 unspecified atom stereocenters. The smallest absolute Gasteiger partial charge is 0.338 e. The summed E-state index contributed by atoms with van der Waals surface area (Å²) in [5.41, 5.74) is 2.08. The Morgan fingerprint density at radius 1 is 1.00 bits per heavy atom. The van der Waals surface area contributed by atoms with Gasteiger partial charge in [-0.05, 0) is 48.5 Å². The molecule has 3 aromatic rings. The first-order valence-electron chi connectivity index (χ1n) is 7.62. The first kappa shape index (κ1) is 17.8. The van der Waals surface area contributed by atoms with Gasteiger partial charge in [-0.2, -0.15) is 0 Å². The van der Waals surface area contributed by atoms with Crippen LogP contribution in [0, 0.1) is 5.82 Å². The fraction of sp³-hybridized carbons (Fsp3) is 0.105. The van der Waals surface area contributed by atoms with Crippen molar-refractivity contribution in [3.05, 3.63) is 76.5 Å². The number of methoxy groups -OCH3 is 1. The average molecular weight is 371 g/mol. The molecule has 0 saturated heterocycles. The Morgan fingerprint density at radius 2 is 1.62 bits per heavy atom. The van der Waals surface area contributed by atoms with E-state index in [-0.39, 0.29) is 12.4 Å². The third kappa shape index (κ3) is 4.12. The van der Waals surface area contributed by atoms with E-state index < -0.39 is 11.9 Å². The molecule has 2 aromatic carbocycles. The highest BCUT2D eigenvalue weighted by Crippen LogP contribution is 2.24. The molecule has 7 heteroatoms. The van der Waals surface area contributed by atoms with Gasteiger partial charge >= 0.3 is 11.9 Å². The van der Waals surface area contributed by atoms with Crippen LogP contribution in [0.3, 0.4) is 0 Å². The highest BCUT2D eigenvalue weighted by Gasteiger charge is 2.12. The highest BCUT2D eigenvalue weighted by molar-refractivity contribution is 7.13. The van der Waals surface area contributed by atoms with Crippen LogP contribution in [0.5, 0.6) is 0 Å². The number of ether oxygens (including phenoxy) is 2. The summed E-state index contributed by atoms with van der Waals surface area (Å²) in [6.45, 7) is 0.0231.